The zero-order valence-electron chi connectivity index (χ0n) is 15.7. The second-order valence-electron chi connectivity index (χ2n) is 6.46. The first kappa shape index (κ1) is 22.9. The molecule has 26 heavy (non-hydrogen) atoms. The summed E-state index contributed by atoms with van der Waals surface area (Å²) in [7, 11) is -1.81. The number of nitrogens with one attached hydrogen (secondary N) is 2. The molecule has 1 saturated heterocycles. The van der Waals surface area contributed by atoms with Crippen LogP contribution in [0.2, 0.25) is 0 Å². The van der Waals surface area contributed by atoms with E-state index in [4.69, 9.17) is 0 Å². The van der Waals surface area contributed by atoms with E-state index in [1.54, 1.807) is 18.5 Å². The smallest absolute Gasteiger partial charge is 0.262 e. The van der Waals surface area contributed by atoms with Crippen LogP contribution in [0.15, 0.2) is 11.2 Å². The molecule has 1 aliphatic rings. The molecule has 2 N–H and O–H groups in total. The Morgan fingerprint density at radius 3 is 2.46 bits per heavy atom. The first-order valence-electron chi connectivity index (χ1n) is 8.84. The molecule has 2 heterocycles. The maximum Gasteiger partial charge on any atom is 0.262 e. The summed E-state index contributed by atoms with van der Waals surface area (Å²) in [5, 5.41) is 6.24. The summed E-state index contributed by atoms with van der Waals surface area (Å²) in [5.41, 5.74) is 0. The average Bonchev–Trinajstić information content (AvgIpc) is 2.94. The Hall–Kier alpha value is -1.16. The minimum atomic E-state index is -3.58. The first-order chi connectivity index (χ1) is 11.9. The Kier molecular flexibility index (Phi) is 9.02. The second kappa shape index (κ2) is 10.2. The molecule has 0 atom stereocenters. The van der Waals surface area contributed by atoms with Gasteiger partial charge in [-0.25, -0.2) is 13.4 Å². The van der Waals surface area contributed by atoms with Crippen LogP contribution in [-0.2, 0) is 21.9 Å². The van der Waals surface area contributed by atoms with Crippen molar-refractivity contribution in [3.63, 3.8) is 0 Å². The molecule has 1 fully saturated rings. The van der Waals surface area contributed by atoms with Crippen molar-refractivity contribution in [2.75, 3.05) is 32.7 Å². The molecular weight excluding hydrogens is 378 g/mol. The number of carbonyl (C=O) groups is 1. The van der Waals surface area contributed by atoms with Gasteiger partial charge in [-0.3, -0.25) is 4.79 Å². The average molecular weight is 408 g/mol. The van der Waals surface area contributed by atoms with E-state index < -0.39 is 10.0 Å². The molecule has 0 unspecified atom stereocenters. The highest BCUT2D eigenvalue weighted by Crippen LogP contribution is 2.23. The van der Waals surface area contributed by atoms with Gasteiger partial charge in [0.1, 0.15) is 5.82 Å². The SMILES string of the molecule is CCCNCCNC(=O)C1CCN(S(=O)(=O)c2cn(C)c(C)n2)CC1.Cl. The van der Waals surface area contributed by atoms with Crippen molar-refractivity contribution in [3.05, 3.63) is 12.0 Å². The lowest BCUT2D eigenvalue weighted by atomic mass is 9.97. The van der Waals surface area contributed by atoms with Gasteiger partial charge in [-0.15, -0.1) is 12.4 Å². The van der Waals surface area contributed by atoms with E-state index >= 15 is 0 Å². The van der Waals surface area contributed by atoms with Gasteiger partial charge in [0.15, 0.2) is 5.03 Å². The van der Waals surface area contributed by atoms with Crippen molar-refractivity contribution in [2.24, 2.45) is 13.0 Å². The standard InChI is InChI=1S/C16H29N5O3S.ClH/c1-4-7-17-8-9-18-16(22)14-5-10-21(11-6-14)25(23,24)15-12-20(3)13(2)19-15;/h12,14,17H,4-11H2,1-3H3,(H,18,22);1H. The maximum absolute atomic E-state index is 12.6. The van der Waals surface area contributed by atoms with E-state index in [0.29, 0.717) is 38.3 Å². The summed E-state index contributed by atoms with van der Waals surface area (Å²) < 4.78 is 28.4. The fourth-order valence-electron chi connectivity index (χ4n) is 2.86. The summed E-state index contributed by atoms with van der Waals surface area (Å²) in [6.07, 6.45) is 3.68. The molecule has 1 aromatic heterocycles. The van der Waals surface area contributed by atoms with Gasteiger partial charge in [0, 0.05) is 45.3 Å². The molecule has 150 valence electrons. The number of carbonyl (C=O) groups excluding carboxylic acids is 1. The van der Waals surface area contributed by atoms with Gasteiger partial charge in [0.05, 0.1) is 0 Å². The minimum Gasteiger partial charge on any atom is -0.355 e. The van der Waals surface area contributed by atoms with E-state index in [1.165, 1.54) is 10.5 Å². The number of hydrogen-bond acceptors (Lipinski definition) is 5. The molecule has 1 aromatic rings. The summed E-state index contributed by atoms with van der Waals surface area (Å²) in [6, 6.07) is 0. The van der Waals surface area contributed by atoms with E-state index in [0.717, 1.165) is 19.5 Å². The van der Waals surface area contributed by atoms with Gasteiger partial charge in [0.2, 0.25) is 5.91 Å². The summed E-state index contributed by atoms with van der Waals surface area (Å²) in [6.45, 7) is 6.87. The fourth-order valence-corrected chi connectivity index (χ4v) is 4.36. The van der Waals surface area contributed by atoms with E-state index in [-0.39, 0.29) is 29.3 Å². The molecule has 1 aliphatic heterocycles. The predicted molar refractivity (Wildman–Crippen MR) is 103 cm³/mol. The first-order valence-corrected chi connectivity index (χ1v) is 10.3. The molecule has 0 aromatic carbocycles. The number of amides is 1. The van der Waals surface area contributed by atoms with Crippen molar-refractivity contribution in [1.82, 2.24) is 24.5 Å². The van der Waals surface area contributed by atoms with Crippen LogP contribution in [0.5, 0.6) is 0 Å². The van der Waals surface area contributed by atoms with Crippen molar-refractivity contribution in [3.8, 4) is 0 Å². The second-order valence-corrected chi connectivity index (χ2v) is 8.34. The van der Waals surface area contributed by atoms with Crippen molar-refractivity contribution >= 4 is 28.3 Å². The van der Waals surface area contributed by atoms with Gasteiger partial charge in [0.25, 0.3) is 10.0 Å². The number of aryl methyl sites for hydroxylation is 2. The maximum atomic E-state index is 12.6. The zero-order valence-corrected chi connectivity index (χ0v) is 17.3. The number of piperidine rings is 1. The molecule has 8 nitrogen and oxygen atoms in total. The largest absolute Gasteiger partial charge is 0.355 e. The highest BCUT2D eigenvalue weighted by atomic mass is 35.5. The predicted octanol–water partition coefficient (Wildman–Crippen LogP) is 0.667. The molecule has 10 heteroatoms. The third-order valence-electron chi connectivity index (χ3n) is 4.54. The van der Waals surface area contributed by atoms with Gasteiger partial charge in [-0.2, -0.15) is 4.31 Å². The lowest BCUT2D eigenvalue weighted by Gasteiger charge is -2.29. The fraction of sp³-hybridized carbons (Fsp3) is 0.750. The van der Waals surface area contributed by atoms with Gasteiger partial charge in [-0.1, -0.05) is 6.92 Å². The Bertz CT molecular complexity index is 665. The van der Waals surface area contributed by atoms with Crippen LogP contribution < -0.4 is 10.6 Å². The van der Waals surface area contributed by atoms with E-state index in [2.05, 4.69) is 22.5 Å². The monoisotopic (exact) mass is 407 g/mol. The highest BCUT2D eigenvalue weighted by molar-refractivity contribution is 7.89. The van der Waals surface area contributed by atoms with Crippen molar-refractivity contribution in [1.29, 1.82) is 0 Å². The van der Waals surface area contributed by atoms with Crippen molar-refractivity contribution < 1.29 is 13.2 Å². The van der Waals surface area contributed by atoms with E-state index in [9.17, 15) is 13.2 Å². The number of imidazole rings is 1. The van der Waals surface area contributed by atoms with Crippen LogP contribution in [0.3, 0.4) is 0 Å². The molecule has 2 rings (SSSR count). The Balaban J connectivity index is 0.00000338. The van der Waals surface area contributed by atoms with Crippen LogP contribution in [0.4, 0.5) is 0 Å². The number of aromatic nitrogens is 2. The Morgan fingerprint density at radius 1 is 1.27 bits per heavy atom. The van der Waals surface area contributed by atoms with Crippen molar-refractivity contribution in [2.45, 2.75) is 38.1 Å². The topological polar surface area (TPSA) is 96.3 Å². The lowest BCUT2D eigenvalue weighted by Crippen LogP contribution is -2.44. The molecule has 0 aliphatic carbocycles. The summed E-state index contributed by atoms with van der Waals surface area (Å²) >= 11 is 0. The Labute approximate surface area is 162 Å². The minimum absolute atomic E-state index is 0. The lowest BCUT2D eigenvalue weighted by molar-refractivity contribution is -0.126. The number of rotatable bonds is 8. The molecule has 0 saturated carbocycles. The number of nitrogens with zero attached hydrogens (tertiary/aromatic N) is 3. The van der Waals surface area contributed by atoms with Gasteiger partial charge in [-0.05, 0) is 32.7 Å². The van der Waals surface area contributed by atoms with Gasteiger partial charge < -0.3 is 15.2 Å². The number of sulfonamides is 1. The third-order valence-corrected chi connectivity index (χ3v) is 6.31. The molecule has 0 radical (unpaired) electrons. The van der Waals surface area contributed by atoms with Crippen LogP contribution in [0.1, 0.15) is 32.0 Å². The highest BCUT2D eigenvalue weighted by Gasteiger charge is 2.33. The normalized spacial score (nSPS) is 16.3. The summed E-state index contributed by atoms with van der Waals surface area (Å²) in [5.74, 6) is 0.552. The van der Waals surface area contributed by atoms with Crippen LogP contribution >= 0.6 is 12.4 Å². The number of hydrogen-bond donors (Lipinski definition) is 2. The molecule has 1 amide bonds. The third kappa shape index (κ3) is 5.67. The molecule has 0 bridgehead atoms. The van der Waals surface area contributed by atoms with Crippen LogP contribution in [0, 0.1) is 12.8 Å². The quantitative estimate of drug-likeness (QED) is 0.617. The molecular formula is C16H30ClN5O3S. The van der Waals surface area contributed by atoms with Crippen LogP contribution in [0.25, 0.3) is 0 Å². The van der Waals surface area contributed by atoms with E-state index in [1.807, 2.05) is 0 Å². The van der Waals surface area contributed by atoms with Gasteiger partial charge >= 0.3 is 0 Å². The summed E-state index contributed by atoms with van der Waals surface area (Å²) in [4.78, 5) is 16.3. The zero-order chi connectivity index (χ0) is 18.4. The Morgan fingerprint density at radius 2 is 1.92 bits per heavy atom. The number of halogens is 1. The molecule has 0 spiro atoms. The van der Waals surface area contributed by atoms with Crippen LogP contribution in [-0.4, -0.2) is 60.9 Å².